The van der Waals surface area contributed by atoms with Gasteiger partial charge in [-0.25, -0.2) is 0 Å². The molecule has 1 aromatic carbocycles. The molecule has 28 heteroatoms. The number of carbonyl (C=O) groups excluding carboxylic acids is 12. The number of nitrogens with one attached hydrogen (secondary N) is 3. The summed E-state index contributed by atoms with van der Waals surface area (Å²) in [5.41, 5.74) is -2.35. The van der Waals surface area contributed by atoms with E-state index in [4.69, 9.17) is 11.6 Å². The van der Waals surface area contributed by atoms with Crippen molar-refractivity contribution in [3.8, 4) is 0 Å². The van der Waals surface area contributed by atoms with Crippen LogP contribution in [0, 0.1) is 23.7 Å². The Kier molecular flexibility index (Phi) is 28.7. The average molecular weight is 1430 g/mol. The molecule has 0 unspecified atom stereocenters. The summed E-state index contributed by atoms with van der Waals surface area (Å²) in [5.74, 6) is -8.41. The molecule has 24 nitrogen and oxygen atoms in total. The Morgan fingerprint density at radius 1 is 0.580 bits per heavy atom. The van der Waals surface area contributed by atoms with Crippen LogP contribution in [0.25, 0.3) is 0 Å². The van der Waals surface area contributed by atoms with Crippen molar-refractivity contribution in [3.63, 3.8) is 0 Å². The summed E-state index contributed by atoms with van der Waals surface area (Å²) in [6, 6.07) is -5.56. The van der Waals surface area contributed by atoms with Crippen molar-refractivity contribution in [2.45, 2.75) is 236 Å². The number of nitrogens with zero attached hydrogens (tertiary/aromatic N) is 9. The first-order chi connectivity index (χ1) is 47.1. The van der Waals surface area contributed by atoms with Crippen LogP contribution in [0.3, 0.4) is 0 Å². The minimum Gasteiger partial charge on any atom is -0.343 e. The predicted molar refractivity (Wildman–Crippen MR) is 369 cm³/mol. The molecular formula is C72H110ClF3N12O12. The zero-order valence-corrected chi connectivity index (χ0v) is 61.5. The van der Waals surface area contributed by atoms with Crippen molar-refractivity contribution < 1.29 is 70.7 Å². The van der Waals surface area contributed by atoms with Crippen LogP contribution in [0.2, 0.25) is 5.02 Å². The maximum Gasteiger partial charge on any atom is 0.417 e. The monoisotopic (exact) mass is 1430 g/mol. The lowest BCUT2D eigenvalue weighted by atomic mass is 9.84. The van der Waals surface area contributed by atoms with E-state index >= 15 is 24.0 Å². The van der Waals surface area contributed by atoms with Gasteiger partial charge in [-0.3, -0.25) is 57.5 Å². The molecule has 12 amide bonds. The number of likely N-dealkylation sites (tertiary alicyclic amines) is 1. The van der Waals surface area contributed by atoms with E-state index in [1.165, 1.54) is 84.8 Å². The highest BCUT2D eigenvalue weighted by Gasteiger charge is 2.51. The molecule has 558 valence electrons. The van der Waals surface area contributed by atoms with Crippen LogP contribution in [-0.2, 0) is 70.1 Å². The molecule has 3 N–H and O–H groups in total. The number of likely N-dealkylation sites (N-methyl/N-ethyl adjacent to an activating group) is 7. The number of rotatable bonds is 11. The molecule has 6 fully saturated rings. The zero-order valence-electron chi connectivity index (χ0n) is 60.7. The SMILES string of the molecule is CC(C)C[C@H]1C(=O)N[C@@H](CC2CCCC2)C(=O)N(C)CC(=O)N(C)CC(=O)N(C)[C@@H](CC2CCCCC2)C(=O)N(C)CC(=O)N[C@@H](CCc2ccc(C(F)(F)F)c(Cl)c2)C(=O)N2CCC[C@H]2C(=O)NC2(CCCC2)C(=O)N(C)[C@@H](C(C)C)C(=O)N(C)[C@H](C(=O)N2CCCCC2)CC(=O)N1C. The van der Waals surface area contributed by atoms with Gasteiger partial charge in [-0.1, -0.05) is 116 Å². The van der Waals surface area contributed by atoms with Crippen molar-refractivity contribution in [1.82, 2.24) is 60.0 Å². The zero-order chi connectivity index (χ0) is 73.7. The first-order valence-electron chi connectivity index (χ1n) is 36.3. The summed E-state index contributed by atoms with van der Waals surface area (Å²) in [4.78, 5) is 190. The van der Waals surface area contributed by atoms with Crippen molar-refractivity contribution in [2.75, 3.05) is 88.6 Å². The van der Waals surface area contributed by atoms with Gasteiger partial charge in [0, 0.05) is 69.0 Å². The molecule has 7 atom stereocenters. The summed E-state index contributed by atoms with van der Waals surface area (Å²) in [5, 5.41) is 8.18. The molecule has 3 aliphatic carbocycles. The van der Waals surface area contributed by atoms with Crippen LogP contribution in [0.1, 0.15) is 187 Å². The van der Waals surface area contributed by atoms with E-state index in [1.807, 2.05) is 13.8 Å². The molecule has 0 bridgehead atoms. The van der Waals surface area contributed by atoms with E-state index in [1.54, 1.807) is 18.7 Å². The molecule has 0 aromatic heterocycles. The summed E-state index contributed by atoms with van der Waals surface area (Å²) >= 11 is 6.15. The number of alkyl halides is 3. The molecule has 3 heterocycles. The molecule has 3 saturated heterocycles. The average Bonchev–Trinajstić information content (AvgIpc) is 1.46. The lowest BCUT2D eigenvalue weighted by Gasteiger charge is -2.42. The fraction of sp³-hybridized carbons (Fsp3) is 0.750. The Morgan fingerprint density at radius 3 is 1.76 bits per heavy atom. The number of benzene rings is 1. The smallest absolute Gasteiger partial charge is 0.343 e. The fourth-order valence-corrected chi connectivity index (χ4v) is 16.1. The number of fused-ring (bicyclic) bond motifs is 1. The van der Waals surface area contributed by atoms with Crippen LogP contribution in [0.4, 0.5) is 13.2 Å². The van der Waals surface area contributed by atoms with E-state index in [0.717, 1.165) is 86.1 Å². The number of aryl methyl sites for hydroxylation is 1. The molecule has 7 rings (SSSR count). The van der Waals surface area contributed by atoms with Crippen molar-refractivity contribution in [3.05, 3.63) is 34.3 Å². The number of hydrogen-bond acceptors (Lipinski definition) is 12. The predicted octanol–water partition coefficient (Wildman–Crippen LogP) is 6.03. The normalized spacial score (nSPS) is 26.6. The summed E-state index contributed by atoms with van der Waals surface area (Å²) in [6.45, 7) is 6.36. The Bertz CT molecular complexity index is 3110. The number of hydrogen-bond donors (Lipinski definition) is 3. The summed E-state index contributed by atoms with van der Waals surface area (Å²) < 4.78 is 41.6. The van der Waals surface area contributed by atoms with E-state index in [-0.39, 0.29) is 75.7 Å². The third-order valence-electron chi connectivity index (χ3n) is 21.8. The van der Waals surface area contributed by atoms with Gasteiger partial charge < -0.3 is 60.0 Å². The van der Waals surface area contributed by atoms with Crippen LogP contribution in [0.5, 0.6) is 0 Å². The summed E-state index contributed by atoms with van der Waals surface area (Å²) in [6.07, 6.45) is 6.82. The topological polar surface area (TPSA) is 270 Å². The first kappa shape index (κ1) is 80.3. The van der Waals surface area contributed by atoms with Crippen LogP contribution in [0.15, 0.2) is 18.2 Å². The second-order valence-electron chi connectivity index (χ2n) is 30.1. The van der Waals surface area contributed by atoms with Gasteiger partial charge in [-0.05, 0) is 118 Å². The number of carbonyl (C=O) groups is 12. The third kappa shape index (κ3) is 20.4. The van der Waals surface area contributed by atoms with E-state index in [2.05, 4.69) is 16.0 Å². The van der Waals surface area contributed by atoms with Crippen LogP contribution in [-0.4, -0.2) is 251 Å². The van der Waals surface area contributed by atoms with Crippen LogP contribution >= 0.6 is 11.6 Å². The quantitative estimate of drug-likeness (QED) is 0.229. The van der Waals surface area contributed by atoms with Gasteiger partial charge >= 0.3 is 6.18 Å². The maximum atomic E-state index is 15.4. The molecule has 1 aromatic rings. The van der Waals surface area contributed by atoms with Gasteiger partial charge in [0.15, 0.2) is 0 Å². The van der Waals surface area contributed by atoms with Crippen molar-refractivity contribution >= 4 is 82.5 Å². The Labute approximate surface area is 593 Å². The second kappa shape index (κ2) is 35.7. The highest BCUT2D eigenvalue weighted by molar-refractivity contribution is 6.31. The minimum absolute atomic E-state index is 0.0219. The maximum absolute atomic E-state index is 15.4. The van der Waals surface area contributed by atoms with Gasteiger partial charge in [0.2, 0.25) is 70.9 Å². The standard InChI is InChI=1S/C72H110ClF3N12O12/c1-45(2)37-55-63(93)78-53(39-47-25-16-17-26-47)65(95)82(7)43-60(91)80(5)44-61(92)84(9)56(40-48-23-14-12-15-24-48)67(97)81(6)42-58(89)77-52(31-29-49-28-30-50(51(73)38-49)72(74,75)76)66(96)88-36-22-27-54(88)64(94)79-71(32-18-19-33-71)70(100)86(11)62(46(3)4)69(99)85(10)57(41-59(90)83(55)8)68(98)87-34-20-13-21-35-87/h28,30,38,45-48,52-57,62H,12-27,29,31-37,39-44H2,1-11H3,(H,77,89)(H,78,93)(H,79,94)/t52-,53-,54-,55-,56-,57-,62-/m0/s1. The number of piperidine rings is 1. The number of amides is 12. The van der Waals surface area contributed by atoms with Gasteiger partial charge in [0.25, 0.3) is 0 Å². The van der Waals surface area contributed by atoms with Gasteiger partial charge in [0.1, 0.15) is 47.8 Å². The minimum atomic E-state index is -4.76. The highest BCUT2D eigenvalue weighted by atomic mass is 35.5. The van der Waals surface area contributed by atoms with Gasteiger partial charge in [-0.2, -0.15) is 13.2 Å². The molecule has 3 saturated carbocycles. The van der Waals surface area contributed by atoms with E-state index in [9.17, 15) is 46.7 Å². The van der Waals surface area contributed by atoms with Crippen LogP contribution < -0.4 is 16.0 Å². The Hall–Kier alpha value is -7.06. The second-order valence-corrected chi connectivity index (χ2v) is 30.5. The van der Waals surface area contributed by atoms with Crippen molar-refractivity contribution in [1.29, 1.82) is 0 Å². The lowest BCUT2D eigenvalue weighted by molar-refractivity contribution is -0.156. The van der Waals surface area contributed by atoms with Crippen molar-refractivity contribution in [2.24, 2.45) is 23.7 Å². The van der Waals surface area contributed by atoms with Gasteiger partial charge in [0.05, 0.1) is 36.6 Å². The Balaban J connectivity index is 1.27. The molecule has 1 spiro atoms. The highest BCUT2D eigenvalue weighted by Crippen LogP contribution is 2.38. The largest absolute Gasteiger partial charge is 0.417 e. The fourth-order valence-electron chi connectivity index (χ4n) is 15.8. The molecule has 6 aliphatic rings. The molecular weight excluding hydrogens is 1320 g/mol. The first-order valence-corrected chi connectivity index (χ1v) is 36.7. The summed E-state index contributed by atoms with van der Waals surface area (Å²) in [7, 11) is 9.96. The van der Waals surface area contributed by atoms with Gasteiger partial charge in [-0.15, -0.1) is 0 Å². The lowest BCUT2D eigenvalue weighted by Crippen LogP contribution is -2.65. The Morgan fingerprint density at radius 2 is 1.16 bits per heavy atom. The number of halogens is 4. The van der Waals surface area contributed by atoms with E-state index in [0.29, 0.717) is 50.8 Å². The molecule has 100 heavy (non-hydrogen) atoms. The van der Waals surface area contributed by atoms with E-state index < -0.39 is 167 Å². The third-order valence-corrected chi connectivity index (χ3v) is 22.1. The molecule has 3 aliphatic heterocycles. The molecule has 0 radical (unpaired) electrons.